The van der Waals surface area contributed by atoms with Crippen LogP contribution in [0, 0.1) is 0 Å². The number of carbonyl (C=O) groups is 2. The topological polar surface area (TPSA) is 49.9 Å². The zero-order chi connectivity index (χ0) is 20.6. The lowest BCUT2D eigenvalue weighted by Gasteiger charge is -2.42. The van der Waals surface area contributed by atoms with E-state index in [1.165, 1.54) is 11.3 Å². The van der Waals surface area contributed by atoms with Crippen LogP contribution in [0.5, 0.6) is 0 Å². The lowest BCUT2D eigenvalue weighted by Crippen LogP contribution is -2.59. The molecule has 0 radical (unpaired) electrons. The van der Waals surface area contributed by atoms with E-state index in [2.05, 4.69) is 18.2 Å². The Hall–Kier alpha value is -2.48. The first-order valence-corrected chi connectivity index (χ1v) is 11.8. The van der Waals surface area contributed by atoms with Gasteiger partial charge in [0.1, 0.15) is 0 Å². The highest BCUT2D eigenvalue weighted by atomic mass is 32.1. The van der Waals surface area contributed by atoms with E-state index in [9.17, 15) is 9.59 Å². The van der Waals surface area contributed by atoms with E-state index in [0.717, 1.165) is 10.4 Å². The summed E-state index contributed by atoms with van der Waals surface area (Å²) in [7, 11) is 0. The average molecular weight is 439 g/mol. The van der Waals surface area contributed by atoms with Crippen molar-refractivity contribution in [1.29, 1.82) is 0 Å². The predicted octanol–water partition coefficient (Wildman–Crippen LogP) is 3.85. The molecule has 0 aliphatic carbocycles. The first-order valence-electron chi connectivity index (χ1n) is 10.0. The van der Waals surface area contributed by atoms with Crippen molar-refractivity contribution in [3.05, 3.63) is 80.7 Å². The van der Waals surface area contributed by atoms with Gasteiger partial charge in [-0.3, -0.25) is 9.59 Å². The Kier molecular flexibility index (Phi) is 5.18. The molecule has 154 valence electrons. The molecule has 2 aliphatic rings. The Bertz CT molecular complexity index is 1020. The van der Waals surface area contributed by atoms with E-state index >= 15 is 0 Å². The van der Waals surface area contributed by atoms with Crippen molar-refractivity contribution < 1.29 is 14.3 Å². The van der Waals surface area contributed by atoms with Gasteiger partial charge < -0.3 is 14.5 Å². The van der Waals surface area contributed by atoms with Crippen LogP contribution in [0.4, 0.5) is 0 Å². The molecule has 2 aliphatic heterocycles. The molecule has 4 heterocycles. The monoisotopic (exact) mass is 438 g/mol. The van der Waals surface area contributed by atoms with Gasteiger partial charge in [-0.05, 0) is 28.5 Å². The number of hydrogen-bond acceptors (Lipinski definition) is 5. The lowest BCUT2D eigenvalue weighted by molar-refractivity contribution is -0.160. The molecular formula is C23H22N2O3S2. The molecule has 0 N–H and O–H groups in total. The molecule has 5 rings (SSSR count). The Morgan fingerprint density at radius 3 is 2.60 bits per heavy atom. The van der Waals surface area contributed by atoms with Crippen molar-refractivity contribution in [1.82, 2.24) is 9.80 Å². The van der Waals surface area contributed by atoms with Crippen LogP contribution >= 0.6 is 22.7 Å². The summed E-state index contributed by atoms with van der Waals surface area (Å²) in [5.41, 5.74) is 0.0361. The third-order valence-corrected chi connectivity index (χ3v) is 7.63. The van der Waals surface area contributed by atoms with Gasteiger partial charge in [-0.15, -0.1) is 22.7 Å². The van der Waals surface area contributed by atoms with E-state index in [-0.39, 0.29) is 24.3 Å². The predicted molar refractivity (Wildman–Crippen MR) is 118 cm³/mol. The Morgan fingerprint density at radius 2 is 1.87 bits per heavy atom. The number of carbonyl (C=O) groups excluding carboxylic acids is 2. The lowest BCUT2D eigenvalue weighted by atomic mass is 9.83. The average Bonchev–Trinajstić information content (AvgIpc) is 3.54. The summed E-state index contributed by atoms with van der Waals surface area (Å²) in [5, 5.41) is 3.93. The van der Waals surface area contributed by atoms with Gasteiger partial charge in [-0.2, -0.15) is 0 Å². The SMILES string of the molecule is O=C(c1cccs1)N1CCO[C@@]2(C1)C(=O)N(Cc1cccs1)C[C@@H]2c1ccccc1. The molecule has 2 aromatic heterocycles. The first kappa shape index (κ1) is 19.5. The smallest absolute Gasteiger partial charge is 0.264 e. The van der Waals surface area contributed by atoms with Gasteiger partial charge in [0, 0.05) is 23.9 Å². The maximum absolute atomic E-state index is 13.7. The molecule has 2 amide bonds. The summed E-state index contributed by atoms with van der Waals surface area (Å²) < 4.78 is 6.27. The molecule has 2 fully saturated rings. The number of rotatable bonds is 4. The van der Waals surface area contributed by atoms with Crippen LogP contribution in [0.3, 0.4) is 0 Å². The molecular weight excluding hydrogens is 416 g/mol. The van der Waals surface area contributed by atoms with Gasteiger partial charge in [0.15, 0.2) is 5.60 Å². The molecule has 1 aromatic carbocycles. The summed E-state index contributed by atoms with van der Waals surface area (Å²) in [6.45, 7) is 2.30. The number of ether oxygens (including phenoxy) is 1. The number of hydrogen-bond donors (Lipinski definition) is 0. The molecule has 0 bridgehead atoms. The second-order valence-corrected chi connectivity index (χ2v) is 9.65. The zero-order valence-electron chi connectivity index (χ0n) is 16.4. The Labute approximate surface area is 183 Å². The highest BCUT2D eigenvalue weighted by Crippen LogP contribution is 2.43. The molecule has 5 nitrogen and oxygen atoms in total. The van der Waals surface area contributed by atoms with E-state index < -0.39 is 5.60 Å². The molecule has 1 spiro atoms. The van der Waals surface area contributed by atoms with Gasteiger partial charge in [0.25, 0.3) is 11.8 Å². The van der Waals surface area contributed by atoms with Crippen molar-refractivity contribution in [2.75, 3.05) is 26.2 Å². The molecule has 3 aromatic rings. The largest absolute Gasteiger partial charge is 0.361 e. The van der Waals surface area contributed by atoms with Gasteiger partial charge in [0.05, 0.1) is 24.6 Å². The van der Waals surface area contributed by atoms with Crippen molar-refractivity contribution in [2.45, 2.75) is 18.1 Å². The second kappa shape index (κ2) is 7.98. The van der Waals surface area contributed by atoms with E-state index in [1.54, 1.807) is 16.2 Å². The summed E-state index contributed by atoms with van der Waals surface area (Å²) in [5.74, 6) is -0.164. The normalized spacial score (nSPS) is 24.0. The van der Waals surface area contributed by atoms with E-state index in [4.69, 9.17) is 4.74 Å². The van der Waals surface area contributed by atoms with E-state index in [0.29, 0.717) is 31.1 Å². The van der Waals surface area contributed by atoms with Crippen LogP contribution in [0.1, 0.15) is 26.0 Å². The molecule has 2 saturated heterocycles. The Balaban J connectivity index is 1.48. The van der Waals surface area contributed by atoms with Gasteiger partial charge in [0.2, 0.25) is 0 Å². The number of thiophene rings is 2. The van der Waals surface area contributed by atoms with Crippen LogP contribution < -0.4 is 0 Å². The number of amides is 2. The summed E-state index contributed by atoms with van der Waals surface area (Å²) in [6.07, 6.45) is 0. The van der Waals surface area contributed by atoms with Crippen LogP contribution in [0.15, 0.2) is 65.4 Å². The summed E-state index contributed by atoms with van der Waals surface area (Å²) in [4.78, 5) is 32.3. The fraction of sp³-hybridized carbons (Fsp3) is 0.304. The fourth-order valence-electron chi connectivity index (χ4n) is 4.47. The van der Waals surface area contributed by atoms with Gasteiger partial charge >= 0.3 is 0 Å². The van der Waals surface area contributed by atoms with Crippen LogP contribution in [0.2, 0.25) is 0 Å². The van der Waals surface area contributed by atoms with Gasteiger partial charge in [-0.1, -0.05) is 42.5 Å². The maximum atomic E-state index is 13.7. The molecule has 7 heteroatoms. The number of likely N-dealkylation sites (tertiary alicyclic amines) is 1. The number of nitrogens with zero attached hydrogens (tertiary/aromatic N) is 2. The molecule has 0 unspecified atom stereocenters. The third kappa shape index (κ3) is 3.37. The van der Waals surface area contributed by atoms with Crippen molar-refractivity contribution in [2.24, 2.45) is 0 Å². The van der Waals surface area contributed by atoms with Crippen molar-refractivity contribution in [3.63, 3.8) is 0 Å². The quantitative estimate of drug-likeness (QED) is 0.622. The number of benzene rings is 1. The fourth-order valence-corrected chi connectivity index (χ4v) is 5.88. The van der Waals surface area contributed by atoms with Crippen LogP contribution in [-0.2, 0) is 16.1 Å². The first-order chi connectivity index (χ1) is 14.7. The minimum Gasteiger partial charge on any atom is -0.361 e. The standard InChI is InChI=1S/C23H22N2O3S2/c26-21(20-9-5-13-30-20)24-10-11-28-23(16-24)19(17-6-2-1-3-7-17)15-25(22(23)27)14-18-8-4-12-29-18/h1-9,12-13,19H,10-11,14-16H2/t19-,23-/m1/s1. The summed E-state index contributed by atoms with van der Waals surface area (Å²) in [6, 6.07) is 17.8. The molecule has 0 saturated carbocycles. The second-order valence-electron chi connectivity index (χ2n) is 7.67. The van der Waals surface area contributed by atoms with E-state index in [1.807, 2.05) is 52.1 Å². The highest BCUT2D eigenvalue weighted by Gasteiger charge is 2.58. The van der Waals surface area contributed by atoms with Crippen molar-refractivity contribution >= 4 is 34.5 Å². The van der Waals surface area contributed by atoms with Crippen LogP contribution in [-0.4, -0.2) is 53.5 Å². The minimum absolute atomic E-state index is 0.0200. The highest BCUT2D eigenvalue weighted by molar-refractivity contribution is 7.12. The van der Waals surface area contributed by atoms with Crippen molar-refractivity contribution in [3.8, 4) is 0 Å². The zero-order valence-corrected chi connectivity index (χ0v) is 18.0. The van der Waals surface area contributed by atoms with Crippen LogP contribution in [0.25, 0.3) is 0 Å². The third-order valence-electron chi connectivity index (χ3n) is 5.91. The summed E-state index contributed by atoms with van der Waals surface area (Å²) >= 11 is 3.08. The Morgan fingerprint density at radius 1 is 1.07 bits per heavy atom. The molecule has 30 heavy (non-hydrogen) atoms. The maximum Gasteiger partial charge on any atom is 0.264 e. The van der Waals surface area contributed by atoms with Gasteiger partial charge in [-0.25, -0.2) is 0 Å². The number of morpholine rings is 1. The minimum atomic E-state index is -1.04. The molecule has 2 atom stereocenters.